The van der Waals surface area contributed by atoms with Crippen molar-refractivity contribution in [3.63, 3.8) is 0 Å². The van der Waals surface area contributed by atoms with Crippen LogP contribution < -0.4 is 24.8 Å². The van der Waals surface area contributed by atoms with Crippen molar-refractivity contribution in [3.8, 4) is 17.2 Å². The minimum Gasteiger partial charge on any atom is -0.493 e. The second-order valence-electron chi connectivity index (χ2n) is 8.68. The summed E-state index contributed by atoms with van der Waals surface area (Å²) in [4.78, 5) is 13.8. The zero-order valence-electron chi connectivity index (χ0n) is 19.9. The first-order chi connectivity index (χ1) is 17.0. The molecule has 0 bridgehead atoms. The lowest BCUT2D eigenvalue weighted by Crippen LogP contribution is -2.27. The van der Waals surface area contributed by atoms with Gasteiger partial charge in [-0.25, -0.2) is 0 Å². The van der Waals surface area contributed by atoms with Crippen LogP contribution in [0.2, 0.25) is 0 Å². The molecule has 1 aliphatic carbocycles. The van der Waals surface area contributed by atoms with Crippen LogP contribution in [0, 0.1) is 0 Å². The number of methoxy groups -OCH3 is 3. The molecule has 0 spiro atoms. The van der Waals surface area contributed by atoms with Crippen molar-refractivity contribution in [3.05, 3.63) is 87.5 Å². The van der Waals surface area contributed by atoms with Crippen molar-refractivity contribution < 1.29 is 19.0 Å². The van der Waals surface area contributed by atoms with Gasteiger partial charge in [0, 0.05) is 22.2 Å². The number of para-hydroxylation sites is 2. The van der Waals surface area contributed by atoms with E-state index >= 15 is 0 Å². The first kappa shape index (κ1) is 23.3. The van der Waals surface area contributed by atoms with Gasteiger partial charge in [-0.05, 0) is 59.9 Å². The van der Waals surface area contributed by atoms with Crippen molar-refractivity contribution in [2.24, 2.45) is 0 Å². The second kappa shape index (κ2) is 9.66. The molecule has 35 heavy (non-hydrogen) atoms. The molecule has 3 aromatic rings. The third kappa shape index (κ3) is 4.36. The number of nitrogens with one attached hydrogen (secondary N) is 2. The molecule has 0 unspecified atom stereocenters. The fraction of sp³-hybridized carbons (Fsp3) is 0.250. The van der Waals surface area contributed by atoms with E-state index in [1.54, 1.807) is 21.3 Å². The Kier molecular flexibility index (Phi) is 6.43. The fourth-order valence-corrected chi connectivity index (χ4v) is 5.42. The van der Waals surface area contributed by atoms with Gasteiger partial charge in [0.1, 0.15) is 0 Å². The molecule has 0 radical (unpaired) electrons. The highest BCUT2D eigenvalue weighted by Crippen LogP contribution is 2.47. The van der Waals surface area contributed by atoms with E-state index in [0.717, 1.165) is 38.2 Å². The second-order valence-corrected chi connectivity index (χ2v) is 9.60. The van der Waals surface area contributed by atoms with Crippen molar-refractivity contribution in [1.82, 2.24) is 0 Å². The normalized spacial score (nSPS) is 19.0. The van der Waals surface area contributed by atoms with Crippen LogP contribution in [-0.2, 0) is 4.79 Å². The molecular weight excluding hydrogens is 508 g/mol. The average Bonchev–Trinajstić information content (AvgIpc) is 3.04. The molecule has 2 N–H and O–H groups in total. The summed E-state index contributed by atoms with van der Waals surface area (Å²) in [5.41, 5.74) is 5.64. The third-order valence-corrected chi connectivity index (χ3v) is 7.14. The molecular formula is C28H27BrN2O4. The van der Waals surface area contributed by atoms with Crippen molar-refractivity contribution >= 4 is 33.1 Å². The summed E-state index contributed by atoms with van der Waals surface area (Å²) < 4.78 is 17.6. The maximum atomic E-state index is 13.8. The summed E-state index contributed by atoms with van der Waals surface area (Å²) in [6.07, 6.45) is 1.07. The number of anilines is 2. The summed E-state index contributed by atoms with van der Waals surface area (Å²) >= 11 is 3.58. The Hall–Kier alpha value is -3.45. The Bertz CT molecular complexity index is 1290. The van der Waals surface area contributed by atoms with Crippen LogP contribution >= 0.6 is 15.9 Å². The van der Waals surface area contributed by atoms with Crippen LogP contribution in [0.5, 0.6) is 17.2 Å². The van der Waals surface area contributed by atoms with Crippen molar-refractivity contribution in [2.75, 3.05) is 32.0 Å². The minimum absolute atomic E-state index is 0.0316. The van der Waals surface area contributed by atoms with Gasteiger partial charge in [-0.15, -0.1) is 0 Å². The van der Waals surface area contributed by atoms with Crippen LogP contribution in [0.25, 0.3) is 0 Å². The monoisotopic (exact) mass is 534 g/mol. The van der Waals surface area contributed by atoms with Gasteiger partial charge in [0.05, 0.1) is 38.7 Å². The Morgan fingerprint density at radius 1 is 0.829 bits per heavy atom. The molecule has 6 nitrogen and oxygen atoms in total. The molecule has 0 saturated carbocycles. The fourth-order valence-electron chi connectivity index (χ4n) is 5.00. The lowest BCUT2D eigenvalue weighted by Gasteiger charge is -2.30. The molecule has 1 aliphatic heterocycles. The highest BCUT2D eigenvalue weighted by Gasteiger charge is 2.36. The molecule has 2 atom stereocenters. The van der Waals surface area contributed by atoms with Gasteiger partial charge in [0.25, 0.3) is 0 Å². The van der Waals surface area contributed by atoms with Gasteiger partial charge >= 0.3 is 0 Å². The standard InChI is InChI=1S/C28H27BrN2O4/c1-33-24-14-18(15-25(34-2)28(24)35-3)17-12-22-26(23(32)13-17)27(16-7-6-8-19(29)11-16)31-21-10-5-4-9-20(21)30-22/h4-11,14-15,17,27,30-31H,12-13H2,1-3H3/t17-,27+/m1/s1. The van der Waals surface area contributed by atoms with Gasteiger partial charge in [-0.3, -0.25) is 4.79 Å². The molecule has 0 fully saturated rings. The number of Topliss-reactive ketones (excluding diaryl/α,β-unsaturated/α-hetero) is 1. The zero-order chi connectivity index (χ0) is 24.5. The first-order valence-electron chi connectivity index (χ1n) is 11.5. The number of hydrogen-bond acceptors (Lipinski definition) is 6. The predicted octanol–water partition coefficient (Wildman–Crippen LogP) is 6.45. The number of benzene rings is 3. The van der Waals surface area contributed by atoms with Gasteiger partial charge < -0.3 is 24.8 Å². The molecule has 0 saturated heterocycles. The van der Waals surface area contributed by atoms with Crippen molar-refractivity contribution in [1.29, 1.82) is 0 Å². The minimum atomic E-state index is -0.257. The molecule has 5 rings (SSSR count). The lowest BCUT2D eigenvalue weighted by molar-refractivity contribution is -0.116. The Morgan fingerprint density at radius 2 is 1.54 bits per heavy atom. The number of ether oxygens (including phenoxy) is 3. The maximum Gasteiger partial charge on any atom is 0.203 e. The Labute approximate surface area is 213 Å². The molecule has 0 aromatic heterocycles. The van der Waals surface area contributed by atoms with Gasteiger partial charge in [0.2, 0.25) is 5.75 Å². The highest BCUT2D eigenvalue weighted by molar-refractivity contribution is 9.10. The highest BCUT2D eigenvalue weighted by atomic mass is 79.9. The quantitative estimate of drug-likeness (QED) is 0.391. The number of carbonyl (C=O) groups is 1. The maximum absolute atomic E-state index is 13.8. The van der Waals surface area contributed by atoms with Gasteiger partial charge in [-0.1, -0.05) is 40.2 Å². The topological polar surface area (TPSA) is 68.8 Å². The Morgan fingerprint density at radius 3 is 2.20 bits per heavy atom. The molecule has 0 amide bonds. The largest absolute Gasteiger partial charge is 0.493 e. The number of allylic oxidation sites excluding steroid dienone is 1. The number of carbonyl (C=O) groups excluding carboxylic acids is 1. The van der Waals surface area contributed by atoms with E-state index in [4.69, 9.17) is 14.2 Å². The number of ketones is 1. The number of fused-ring (bicyclic) bond motifs is 1. The summed E-state index contributed by atoms with van der Waals surface area (Å²) in [6.45, 7) is 0. The average molecular weight is 535 g/mol. The van der Waals surface area contributed by atoms with Crippen LogP contribution in [0.4, 0.5) is 11.4 Å². The van der Waals surface area contributed by atoms with Crippen LogP contribution in [-0.4, -0.2) is 27.1 Å². The Balaban J connectivity index is 1.60. The molecule has 7 heteroatoms. The molecule has 180 valence electrons. The van der Waals surface area contributed by atoms with Crippen LogP contribution in [0.15, 0.2) is 76.4 Å². The number of hydrogen-bond donors (Lipinski definition) is 2. The van der Waals surface area contributed by atoms with E-state index < -0.39 is 0 Å². The molecule has 1 heterocycles. The summed E-state index contributed by atoms with van der Waals surface area (Å²) in [6, 6.07) is 19.8. The van der Waals surface area contributed by atoms with E-state index in [2.05, 4.69) is 38.7 Å². The summed E-state index contributed by atoms with van der Waals surface area (Å²) in [7, 11) is 4.79. The first-order valence-corrected chi connectivity index (χ1v) is 12.3. The zero-order valence-corrected chi connectivity index (χ0v) is 21.4. The predicted molar refractivity (Wildman–Crippen MR) is 141 cm³/mol. The van der Waals surface area contributed by atoms with Crippen LogP contribution in [0.1, 0.15) is 35.9 Å². The van der Waals surface area contributed by atoms with E-state index in [9.17, 15) is 4.79 Å². The number of halogens is 1. The molecule has 2 aliphatic rings. The van der Waals surface area contributed by atoms with E-state index in [1.165, 1.54) is 0 Å². The molecule has 3 aromatic carbocycles. The third-order valence-electron chi connectivity index (χ3n) is 6.65. The lowest BCUT2D eigenvalue weighted by atomic mass is 9.78. The van der Waals surface area contributed by atoms with Crippen LogP contribution in [0.3, 0.4) is 0 Å². The van der Waals surface area contributed by atoms with E-state index in [1.807, 2.05) is 48.5 Å². The summed E-state index contributed by atoms with van der Waals surface area (Å²) in [5, 5.41) is 7.20. The smallest absolute Gasteiger partial charge is 0.203 e. The van der Waals surface area contributed by atoms with E-state index in [0.29, 0.717) is 30.1 Å². The van der Waals surface area contributed by atoms with E-state index in [-0.39, 0.29) is 17.7 Å². The van der Waals surface area contributed by atoms with Gasteiger partial charge in [-0.2, -0.15) is 0 Å². The SMILES string of the molecule is COc1cc([C@H]2CC(=O)C3=C(C2)Nc2ccccc2N[C@H]3c2cccc(Br)c2)cc(OC)c1OC. The van der Waals surface area contributed by atoms with Crippen molar-refractivity contribution in [2.45, 2.75) is 24.8 Å². The van der Waals surface area contributed by atoms with Gasteiger partial charge in [0.15, 0.2) is 17.3 Å². The summed E-state index contributed by atoms with van der Waals surface area (Å²) in [5.74, 6) is 1.80. The number of rotatable bonds is 5.